The van der Waals surface area contributed by atoms with Crippen LogP contribution in [-0.4, -0.2) is 56.0 Å². The van der Waals surface area contributed by atoms with Crippen molar-refractivity contribution in [2.24, 2.45) is 0 Å². The summed E-state index contributed by atoms with van der Waals surface area (Å²) >= 11 is 0. The Morgan fingerprint density at radius 1 is 1.02 bits per heavy atom. The van der Waals surface area contributed by atoms with E-state index in [1.54, 1.807) is 13.1 Å². The quantitative estimate of drug-likeness (QED) is 0.277. The third-order valence-corrected chi connectivity index (χ3v) is 6.41. The maximum Gasteiger partial charge on any atom is 0.422 e. The number of halogens is 7. The Morgan fingerprint density at radius 2 is 1.80 bits per heavy atom. The molecule has 5 rings (SSSR count). The van der Waals surface area contributed by atoms with Gasteiger partial charge in [0.05, 0.1) is 29.6 Å². The average Bonchev–Trinajstić information content (AvgIpc) is 3.52. The van der Waals surface area contributed by atoms with Crippen LogP contribution >= 0.6 is 0 Å². The number of hydrogen-bond acceptors (Lipinski definition) is 5. The van der Waals surface area contributed by atoms with Gasteiger partial charge < -0.3 is 14.2 Å². The lowest BCUT2D eigenvalue weighted by molar-refractivity contribution is -0.153. The van der Waals surface area contributed by atoms with Crippen LogP contribution in [0.5, 0.6) is 5.75 Å². The van der Waals surface area contributed by atoms with E-state index in [-0.39, 0.29) is 46.8 Å². The molecule has 1 amide bonds. The summed E-state index contributed by atoms with van der Waals surface area (Å²) < 4.78 is 101. The average molecular weight is 582 g/mol. The smallest absolute Gasteiger partial charge is 0.422 e. The third-order valence-electron chi connectivity index (χ3n) is 6.41. The first-order valence-electron chi connectivity index (χ1n) is 12.2. The minimum atomic E-state index is -4.76. The first-order chi connectivity index (χ1) is 19.3. The van der Waals surface area contributed by atoms with Crippen LogP contribution in [0.4, 0.5) is 36.4 Å². The number of carbonyl (C=O) groups is 1. The van der Waals surface area contributed by atoms with Gasteiger partial charge in [-0.15, -0.1) is 5.10 Å². The molecule has 15 heteroatoms. The van der Waals surface area contributed by atoms with Crippen molar-refractivity contribution in [3.63, 3.8) is 0 Å². The van der Waals surface area contributed by atoms with Gasteiger partial charge >= 0.3 is 12.4 Å². The van der Waals surface area contributed by atoms with E-state index in [1.807, 2.05) is 0 Å². The molecule has 0 N–H and O–H groups in total. The number of anilines is 1. The highest BCUT2D eigenvalue weighted by molar-refractivity contribution is 5.97. The zero-order valence-corrected chi connectivity index (χ0v) is 21.2. The molecule has 3 heterocycles. The summed E-state index contributed by atoms with van der Waals surface area (Å²) in [7, 11) is 0. The number of benzene rings is 2. The van der Waals surface area contributed by atoms with Gasteiger partial charge in [-0.05, 0) is 44.0 Å². The molecule has 2 aromatic heterocycles. The Bertz CT molecular complexity index is 1580. The molecular weight excluding hydrogens is 561 g/mol. The Morgan fingerprint density at radius 3 is 2.49 bits per heavy atom. The lowest BCUT2D eigenvalue weighted by Gasteiger charge is -2.26. The summed E-state index contributed by atoms with van der Waals surface area (Å²) in [5.41, 5.74) is 1.09. The molecule has 1 aliphatic heterocycles. The monoisotopic (exact) mass is 582 g/mol. The molecule has 0 bridgehead atoms. The predicted octanol–water partition coefficient (Wildman–Crippen LogP) is 5.60. The van der Waals surface area contributed by atoms with Crippen LogP contribution in [0.2, 0.25) is 0 Å². The number of carbonyl (C=O) groups excluding carboxylic acids is 1. The molecule has 0 aliphatic carbocycles. The van der Waals surface area contributed by atoms with E-state index in [9.17, 15) is 35.5 Å². The van der Waals surface area contributed by atoms with Crippen molar-refractivity contribution in [2.75, 3.05) is 18.1 Å². The molecule has 0 spiro atoms. The highest BCUT2D eigenvalue weighted by Crippen LogP contribution is 2.36. The number of nitrogens with zero attached hydrogens (tertiary/aromatic N) is 6. The van der Waals surface area contributed by atoms with E-state index >= 15 is 0 Å². The minimum Gasteiger partial charge on any atom is -0.482 e. The number of amides is 1. The lowest BCUT2D eigenvalue weighted by atomic mass is 10.1. The molecule has 0 saturated carbocycles. The summed E-state index contributed by atoms with van der Waals surface area (Å²) in [5.74, 6) is -1.83. The molecule has 216 valence electrons. The molecule has 4 aromatic rings. The minimum absolute atomic E-state index is 0.0234. The van der Waals surface area contributed by atoms with Gasteiger partial charge in [-0.1, -0.05) is 17.3 Å². The first kappa shape index (κ1) is 28.1. The molecule has 2 aromatic carbocycles. The molecule has 0 saturated heterocycles. The fraction of sp³-hybridized carbons (Fsp3) is 0.308. The van der Waals surface area contributed by atoms with Gasteiger partial charge in [-0.2, -0.15) is 26.3 Å². The van der Waals surface area contributed by atoms with Crippen molar-refractivity contribution in [1.29, 1.82) is 0 Å². The fourth-order valence-electron chi connectivity index (χ4n) is 4.61. The first-order valence-corrected chi connectivity index (χ1v) is 12.2. The van der Waals surface area contributed by atoms with Crippen molar-refractivity contribution in [3.05, 3.63) is 72.2 Å². The third kappa shape index (κ3) is 6.18. The van der Waals surface area contributed by atoms with Gasteiger partial charge in [0.25, 0.3) is 5.91 Å². The molecule has 0 radical (unpaired) electrons. The summed E-state index contributed by atoms with van der Waals surface area (Å²) in [6, 6.07) is 6.67. The number of imidazole rings is 1. The second kappa shape index (κ2) is 10.5. The second-order valence-electron chi connectivity index (χ2n) is 9.42. The molecule has 1 unspecified atom stereocenters. The largest absolute Gasteiger partial charge is 0.482 e. The number of hydrogen-bond donors (Lipinski definition) is 0. The molecule has 8 nitrogen and oxygen atoms in total. The molecule has 0 fully saturated rings. The highest BCUT2D eigenvalue weighted by atomic mass is 19.4. The Labute approximate surface area is 228 Å². The number of alkyl halides is 6. The standard InChI is InChI=1S/C26H21F7N6O2/c1-15-10-37(14-34-15)21-7-5-16(9-23(21)41-13-26(31,32)33)19-11-39(36-35-19)22-8-6-17-18(27)3-2-4-20(17)38(24(22)40)12-25(28,29)30/h2-5,7,9-11,14,22H,6,8,12-13H2,1H3. The summed E-state index contributed by atoms with van der Waals surface area (Å²) in [5, 5.41) is 7.93. The summed E-state index contributed by atoms with van der Waals surface area (Å²) in [6.07, 6.45) is -5.18. The molecule has 1 aliphatic rings. The van der Waals surface area contributed by atoms with Crippen LogP contribution in [0.15, 0.2) is 55.1 Å². The van der Waals surface area contributed by atoms with Gasteiger partial charge in [0.1, 0.15) is 29.8 Å². The fourth-order valence-corrected chi connectivity index (χ4v) is 4.61. The maximum absolute atomic E-state index is 14.5. The number of aryl methyl sites for hydroxylation is 1. The number of fused-ring (bicyclic) bond motifs is 1. The highest BCUT2D eigenvalue weighted by Gasteiger charge is 2.40. The zero-order valence-electron chi connectivity index (χ0n) is 21.2. The van der Waals surface area contributed by atoms with Gasteiger partial charge in [0.15, 0.2) is 6.61 Å². The van der Waals surface area contributed by atoms with E-state index in [4.69, 9.17) is 4.74 Å². The van der Waals surface area contributed by atoms with Crippen molar-refractivity contribution in [3.8, 4) is 22.7 Å². The summed E-state index contributed by atoms with van der Waals surface area (Å²) in [4.78, 5) is 17.9. The van der Waals surface area contributed by atoms with Crippen LogP contribution < -0.4 is 9.64 Å². The Hall–Kier alpha value is -4.43. The number of ether oxygens (including phenoxy) is 1. The number of rotatable bonds is 6. The van der Waals surface area contributed by atoms with E-state index in [1.165, 1.54) is 47.4 Å². The van der Waals surface area contributed by atoms with Crippen LogP contribution in [0, 0.1) is 12.7 Å². The van der Waals surface area contributed by atoms with Crippen LogP contribution in [0.1, 0.15) is 23.7 Å². The van der Waals surface area contributed by atoms with Gasteiger partial charge in [-0.3, -0.25) is 4.79 Å². The van der Waals surface area contributed by atoms with Crippen LogP contribution in [0.3, 0.4) is 0 Å². The Kier molecular flexibility index (Phi) is 7.21. The van der Waals surface area contributed by atoms with Crippen molar-refractivity contribution < 1.29 is 40.3 Å². The van der Waals surface area contributed by atoms with Gasteiger partial charge in [0.2, 0.25) is 0 Å². The topological polar surface area (TPSA) is 78.1 Å². The van der Waals surface area contributed by atoms with Gasteiger partial charge in [0, 0.05) is 17.3 Å². The van der Waals surface area contributed by atoms with E-state index in [0.29, 0.717) is 10.6 Å². The number of aromatic nitrogens is 5. The molecule has 41 heavy (non-hydrogen) atoms. The summed E-state index contributed by atoms with van der Waals surface area (Å²) in [6.45, 7) is -1.49. The molecular formula is C26H21F7N6O2. The van der Waals surface area contributed by atoms with Crippen molar-refractivity contribution in [1.82, 2.24) is 24.5 Å². The predicted molar refractivity (Wildman–Crippen MR) is 131 cm³/mol. The van der Waals surface area contributed by atoms with E-state index in [2.05, 4.69) is 15.3 Å². The van der Waals surface area contributed by atoms with Crippen molar-refractivity contribution >= 4 is 11.6 Å². The lowest BCUT2D eigenvalue weighted by Crippen LogP contribution is -2.42. The van der Waals surface area contributed by atoms with E-state index < -0.39 is 43.3 Å². The Balaban J connectivity index is 1.48. The maximum atomic E-state index is 14.5. The second-order valence-corrected chi connectivity index (χ2v) is 9.42. The zero-order chi connectivity index (χ0) is 29.5. The molecule has 1 atom stereocenters. The van der Waals surface area contributed by atoms with Crippen LogP contribution in [0.25, 0.3) is 16.9 Å². The van der Waals surface area contributed by atoms with Crippen molar-refractivity contribution in [2.45, 2.75) is 38.2 Å². The van der Waals surface area contributed by atoms with Gasteiger partial charge in [-0.25, -0.2) is 14.1 Å². The van der Waals surface area contributed by atoms with E-state index in [0.717, 1.165) is 10.7 Å². The SMILES string of the molecule is Cc1cn(-c2ccc(-c3cn(C4CCc5c(F)cccc5N(CC(F)(F)F)C4=O)nn3)cc2OCC(F)(F)F)cn1. The van der Waals surface area contributed by atoms with Crippen LogP contribution in [-0.2, 0) is 11.2 Å². The normalized spacial score (nSPS) is 16.0.